The summed E-state index contributed by atoms with van der Waals surface area (Å²) in [6.07, 6.45) is 3.05. The Morgan fingerprint density at radius 2 is 2.14 bits per heavy atom. The first-order valence-corrected chi connectivity index (χ1v) is 7.78. The van der Waals surface area contributed by atoms with E-state index in [1.807, 2.05) is 18.2 Å². The topological polar surface area (TPSA) is 54.6 Å². The van der Waals surface area contributed by atoms with E-state index < -0.39 is 0 Å². The first kappa shape index (κ1) is 13.0. The van der Waals surface area contributed by atoms with Gasteiger partial charge in [-0.25, -0.2) is 9.48 Å². The molecule has 0 aromatic carbocycles. The summed E-state index contributed by atoms with van der Waals surface area (Å²) in [7, 11) is 0. The predicted molar refractivity (Wildman–Crippen MR) is 80.4 cm³/mol. The fourth-order valence-electron chi connectivity index (χ4n) is 3.66. The van der Waals surface area contributed by atoms with Gasteiger partial charge in [0.05, 0.1) is 6.54 Å². The van der Waals surface area contributed by atoms with Crippen molar-refractivity contribution in [3.05, 3.63) is 34.9 Å². The van der Waals surface area contributed by atoms with Crippen molar-refractivity contribution in [3.63, 3.8) is 0 Å². The highest BCUT2D eigenvalue weighted by molar-refractivity contribution is 5.35. The zero-order valence-electron chi connectivity index (χ0n) is 12.1. The zero-order chi connectivity index (χ0) is 14.2. The summed E-state index contributed by atoms with van der Waals surface area (Å²) in [5.41, 5.74) is 0.684. The van der Waals surface area contributed by atoms with Crippen molar-refractivity contribution in [2.45, 2.75) is 13.0 Å². The summed E-state index contributed by atoms with van der Waals surface area (Å²) in [5, 5.41) is 7.88. The second-order valence-electron chi connectivity index (χ2n) is 6.20. The van der Waals surface area contributed by atoms with Crippen LogP contribution in [0.2, 0.25) is 0 Å². The number of likely N-dealkylation sites (tertiary alicyclic amines) is 1. The maximum Gasteiger partial charge on any atom is 0.350 e. The van der Waals surface area contributed by atoms with E-state index in [0.29, 0.717) is 6.54 Å². The first-order chi connectivity index (χ1) is 10.3. The molecule has 4 rings (SSSR count). The number of nitrogens with zero attached hydrogens (tertiary/aromatic N) is 4. The van der Waals surface area contributed by atoms with Crippen LogP contribution < -0.4 is 11.0 Å². The summed E-state index contributed by atoms with van der Waals surface area (Å²) in [4.78, 5) is 14.7. The molecule has 4 heterocycles. The molecule has 2 saturated heterocycles. The number of nitrogens with one attached hydrogen (secondary N) is 1. The molecule has 0 spiro atoms. The SMILES string of the molecule is O=c1n(CCN2CCC3CNCC3C2)nc2ccccn12. The van der Waals surface area contributed by atoms with E-state index >= 15 is 0 Å². The lowest BCUT2D eigenvalue weighted by atomic mass is 9.89. The third-order valence-electron chi connectivity index (χ3n) is 4.90. The number of piperidine rings is 1. The van der Waals surface area contributed by atoms with Crippen LogP contribution in [0.1, 0.15) is 6.42 Å². The van der Waals surface area contributed by atoms with Crippen molar-refractivity contribution in [1.29, 1.82) is 0 Å². The standard InChI is InChI=1S/C15H21N5O/c21-15-19-5-2-1-3-14(19)17-20(15)8-7-18-6-4-12-9-16-10-13(12)11-18/h1-3,5,12-13,16H,4,6-11H2. The molecule has 0 amide bonds. The Balaban J connectivity index is 1.44. The Morgan fingerprint density at radius 1 is 1.24 bits per heavy atom. The van der Waals surface area contributed by atoms with Crippen LogP contribution in [0.15, 0.2) is 29.2 Å². The molecule has 0 bridgehead atoms. The molecule has 2 unspecified atom stereocenters. The van der Waals surface area contributed by atoms with Crippen LogP contribution >= 0.6 is 0 Å². The Labute approximate surface area is 123 Å². The molecule has 2 aliphatic rings. The van der Waals surface area contributed by atoms with Crippen molar-refractivity contribution in [2.75, 3.05) is 32.7 Å². The minimum Gasteiger partial charge on any atom is -0.316 e. The molecule has 2 aromatic heterocycles. The largest absolute Gasteiger partial charge is 0.350 e. The summed E-state index contributed by atoms with van der Waals surface area (Å²) in [6.45, 7) is 6.21. The van der Waals surface area contributed by atoms with E-state index in [4.69, 9.17) is 0 Å². The van der Waals surface area contributed by atoms with Gasteiger partial charge in [-0.3, -0.25) is 4.40 Å². The highest BCUT2D eigenvalue weighted by Gasteiger charge is 2.32. The number of hydrogen-bond acceptors (Lipinski definition) is 4. The van der Waals surface area contributed by atoms with Crippen LogP contribution in [0.25, 0.3) is 5.65 Å². The van der Waals surface area contributed by atoms with Gasteiger partial charge in [0.1, 0.15) is 0 Å². The maximum absolute atomic E-state index is 12.2. The van der Waals surface area contributed by atoms with Crippen molar-refractivity contribution < 1.29 is 0 Å². The molecule has 0 aliphatic carbocycles. The van der Waals surface area contributed by atoms with Crippen molar-refractivity contribution in [1.82, 2.24) is 24.4 Å². The van der Waals surface area contributed by atoms with Gasteiger partial charge in [-0.1, -0.05) is 6.07 Å². The van der Waals surface area contributed by atoms with Crippen LogP contribution in [0, 0.1) is 11.8 Å². The number of hydrogen-bond donors (Lipinski definition) is 1. The third-order valence-corrected chi connectivity index (χ3v) is 4.90. The Morgan fingerprint density at radius 3 is 3.05 bits per heavy atom. The van der Waals surface area contributed by atoms with E-state index in [-0.39, 0.29) is 5.69 Å². The molecule has 1 N–H and O–H groups in total. The van der Waals surface area contributed by atoms with E-state index in [1.165, 1.54) is 13.0 Å². The Kier molecular flexibility index (Phi) is 3.27. The van der Waals surface area contributed by atoms with Gasteiger partial charge < -0.3 is 10.2 Å². The van der Waals surface area contributed by atoms with Crippen molar-refractivity contribution in [2.24, 2.45) is 11.8 Å². The minimum atomic E-state index is -0.0389. The lowest BCUT2D eigenvalue weighted by Gasteiger charge is -2.34. The highest BCUT2D eigenvalue weighted by Crippen LogP contribution is 2.26. The van der Waals surface area contributed by atoms with Gasteiger partial charge in [-0.2, -0.15) is 0 Å². The fourth-order valence-corrected chi connectivity index (χ4v) is 3.66. The van der Waals surface area contributed by atoms with E-state index in [9.17, 15) is 4.79 Å². The predicted octanol–water partition coefficient (Wildman–Crippen LogP) is 0.0373. The van der Waals surface area contributed by atoms with Gasteiger partial charge in [-0.05, 0) is 50.0 Å². The molecule has 2 aliphatic heterocycles. The fraction of sp³-hybridized carbons (Fsp3) is 0.600. The lowest BCUT2D eigenvalue weighted by Crippen LogP contribution is -2.42. The van der Waals surface area contributed by atoms with E-state index in [0.717, 1.165) is 43.7 Å². The van der Waals surface area contributed by atoms with Gasteiger partial charge in [0.25, 0.3) is 0 Å². The summed E-state index contributed by atoms with van der Waals surface area (Å²) in [5.74, 6) is 1.65. The molecular weight excluding hydrogens is 266 g/mol. The number of fused-ring (bicyclic) bond motifs is 2. The van der Waals surface area contributed by atoms with Gasteiger partial charge in [0, 0.05) is 19.3 Å². The van der Waals surface area contributed by atoms with Crippen molar-refractivity contribution >= 4 is 5.65 Å². The Hall–Kier alpha value is -1.66. The van der Waals surface area contributed by atoms with Gasteiger partial charge in [-0.15, -0.1) is 5.10 Å². The second-order valence-corrected chi connectivity index (χ2v) is 6.20. The van der Waals surface area contributed by atoms with Crippen LogP contribution in [0.5, 0.6) is 0 Å². The highest BCUT2D eigenvalue weighted by atomic mass is 16.2. The quantitative estimate of drug-likeness (QED) is 0.866. The van der Waals surface area contributed by atoms with Crippen LogP contribution in [0.3, 0.4) is 0 Å². The zero-order valence-corrected chi connectivity index (χ0v) is 12.1. The number of rotatable bonds is 3. The maximum atomic E-state index is 12.2. The minimum absolute atomic E-state index is 0.0389. The molecule has 2 aromatic rings. The van der Waals surface area contributed by atoms with E-state index in [1.54, 1.807) is 15.3 Å². The summed E-state index contributed by atoms with van der Waals surface area (Å²) >= 11 is 0. The normalized spacial score (nSPS) is 26.3. The van der Waals surface area contributed by atoms with E-state index in [2.05, 4.69) is 15.3 Å². The average Bonchev–Trinajstić information content (AvgIpc) is 3.10. The molecular formula is C15H21N5O. The van der Waals surface area contributed by atoms with Gasteiger partial charge in [0.2, 0.25) is 0 Å². The van der Waals surface area contributed by atoms with Crippen LogP contribution in [-0.2, 0) is 6.54 Å². The van der Waals surface area contributed by atoms with Crippen LogP contribution in [-0.4, -0.2) is 51.8 Å². The van der Waals surface area contributed by atoms with Crippen molar-refractivity contribution in [3.8, 4) is 0 Å². The monoisotopic (exact) mass is 287 g/mol. The molecule has 0 radical (unpaired) electrons. The summed E-state index contributed by atoms with van der Waals surface area (Å²) < 4.78 is 3.20. The number of pyridine rings is 1. The van der Waals surface area contributed by atoms with Gasteiger partial charge >= 0.3 is 5.69 Å². The molecule has 112 valence electrons. The average molecular weight is 287 g/mol. The van der Waals surface area contributed by atoms with Gasteiger partial charge in [0.15, 0.2) is 5.65 Å². The second kappa shape index (κ2) is 5.27. The number of aromatic nitrogens is 3. The lowest BCUT2D eigenvalue weighted by molar-refractivity contribution is 0.142. The first-order valence-electron chi connectivity index (χ1n) is 7.78. The molecule has 21 heavy (non-hydrogen) atoms. The molecule has 2 atom stereocenters. The molecule has 2 fully saturated rings. The smallest absolute Gasteiger partial charge is 0.316 e. The molecule has 6 nitrogen and oxygen atoms in total. The summed E-state index contributed by atoms with van der Waals surface area (Å²) in [6, 6.07) is 5.63. The molecule has 6 heteroatoms. The van der Waals surface area contributed by atoms with Crippen LogP contribution in [0.4, 0.5) is 0 Å². The molecule has 0 saturated carbocycles. The third kappa shape index (κ3) is 2.38. The Bertz CT molecular complexity index is 691.